The molecule has 0 unspecified atom stereocenters. The van der Waals surface area contributed by atoms with E-state index in [1.165, 1.54) is 24.3 Å². The van der Waals surface area contributed by atoms with Gasteiger partial charge in [-0.05, 0) is 54.7 Å². The minimum absolute atomic E-state index is 0.298. The van der Waals surface area contributed by atoms with Crippen LogP contribution in [-0.2, 0) is 23.0 Å². The highest BCUT2D eigenvalue weighted by molar-refractivity contribution is 7.91. The number of alkyl halides is 3. The van der Waals surface area contributed by atoms with Gasteiger partial charge < -0.3 is 9.64 Å². The van der Waals surface area contributed by atoms with Gasteiger partial charge in [0.15, 0.2) is 0 Å². The summed E-state index contributed by atoms with van der Waals surface area (Å²) in [6, 6.07) is 5.37. The van der Waals surface area contributed by atoms with Crippen LogP contribution in [0, 0.1) is 5.82 Å². The number of amides is 1. The molecule has 2 aromatic rings. The number of piperazine rings is 1. The number of anilines is 1. The molecule has 4 rings (SSSR count). The molecule has 196 valence electrons. The quantitative estimate of drug-likeness (QED) is 0.524. The summed E-state index contributed by atoms with van der Waals surface area (Å²) < 4.78 is 81.7. The molecule has 1 N–H and O–H groups in total. The van der Waals surface area contributed by atoms with E-state index in [9.17, 15) is 30.8 Å². The molecule has 8 nitrogen and oxygen atoms in total. The van der Waals surface area contributed by atoms with Gasteiger partial charge in [0.25, 0.3) is 5.91 Å². The Bertz CT molecular complexity index is 1210. The van der Waals surface area contributed by atoms with Crippen LogP contribution in [0.2, 0.25) is 0 Å². The number of hydrogen-bond donors (Lipinski definition) is 1. The highest BCUT2D eigenvalue weighted by Gasteiger charge is 2.37. The topological polar surface area (TPSA) is 91.8 Å². The first kappa shape index (κ1) is 26.1. The molecule has 36 heavy (non-hydrogen) atoms. The number of benzene rings is 1. The van der Waals surface area contributed by atoms with Crippen LogP contribution in [0.3, 0.4) is 0 Å². The van der Waals surface area contributed by atoms with Crippen LogP contribution in [0.1, 0.15) is 41.3 Å². The molecule has 1 saturated carbocycles. The third kappa shape index (κ3) is 6.44. The molecule has 13 heteroatoms. The van der Waals surface area contributed by atoms with Gasteiger partial charge in [0, 0.05) is 32.7 Å². The van der Waals surface area contributed by atoms with Gasteiger partial charge >= 0.3 is 6.36 Å². The fraction of sp³-hybridized carbons (Fsp3) is 0.478. The van der Waals surface area contributed by atoms with E-state index in [0.717, 1.165) is 11.8 Å². The molecule has 0 spiro atoms. The predicted octanol–water partition coefficient (Wildman–Crippen LogP) is 3.23. The minimum atomic E-state index is -4.78. The smallest absolute Gasteiger partial charge is 0.404 e. The number of carbonyl (C=O) groups is 1. The lowest BCUT2D eigenvalue weighted by Gasteiger charge is -2.35. The van der Waals surface area contributed by atoms with Gasteiger partial charge in [-0.3, -0.25) is 9.69 Å². The van der Waals surface area contributed by atoms with Crippen molar-refractivity contribution < 1.29 is 35.5 Å². The molecule has 0 radical (unpaired) electrons. The van der Waals surface area contributed by atoms with Crippen LogP contribution in [0.15, 0.2) is 30.5 Å². The number of pyridine rings is 1. The summed E-state index contributed by atoms with van der Waals surface area (Å²) >= 11 is 0. The maximum Gasteiger partial charge on any atom is 0.573 e. The Morgan fingerprint density at radius 1 is 1.14 bits per heavy atom. The maximum absolute atomic E-state index is 14.8. The fourth-order valence-corrected chi connectivity index (χ4v) is 5.38. The number of halogens is 4. The van der Waals surface area contributed by atoms with Crippen molar-refractivity contribution in [2.24, 2.45) is 0 Å². The Morgan fingerprint density at radius 2 is 1.83 bits per heavy atom. The lowest BCUT2D eigenvalue weighted by Crippen LogP contribution is -2.46. The standard InChI is InChI=1S/C23H26F4N4O4S/c1-2-15-11-19(22(32)29-36(33,34)18-4-5-18)20(24)12-16(15)14-30-7-9-31(10-8-30)21-6-3-17(13-28-21)35-23(25,26)27/h3,6,11-13,18H,2,4-5,7-10,14H2,1H3,(H,29,32). The molecule has 0 bridgehead atoms. The lowest BCUT2D eigenvalue weighted by atomic mass is 10.00. The van der Waals surface area contributed by atoms with E-state index in [-0.39, 0.29) is 11.3 Å². The normalized spacial score (nSPS) is 17.2. The van der Waals surface area contributed by atoms with E-state index in [1.54, 1.807) is 0 Å². The molecule has 1 aromatic carbocycles. The number of sulfonamides is 1. The molecule has 2 aliphatic rings. The molecular formula is C23H26F4N4O4S. The van der Waals surface area contributed by atoms with Gasteiger partial charge in [0.05, 0.1) is 17.0 Å². The van der Waals surface area contributed by atoms with Crippen LogP contribution >= 0.6 is 0 Å². The SMILES string of the molecule is CCc1cc(C(=O)NS(=O)(=O)C2CC2)c(F)cc1CN1CCN(c2ccc(OC(F)(F)F)cn2)CC1. The van der Waals surface area contributed by atoms with Crippen molar-refractivity contribution in [3.05, 3.63) is 53.0 Å². The average molecular weight is 531 g/mol. The summed E-state index contributed by atoms with van der Waals surface area (Å²) in [4.78, 5) is 20.5. The highest BCUT2D eigenvalue weighted by Crippen LogP contribution is 2.28. The number of carbonyl (C=O) groups excluding carboxylic acids is 1. The van der Waals surface area contributed by atoms with Gasteiger partial charge in [0.2, 0.25) is 10.0 Å². The van der Waals surface area contributed by atoms with Gasteiger partial charge in [-0.25, -0.2) is 22.5 Å². The van der Waals surface area contributed by atoms with Crippen LogP contribution in [-0.4, -0.2) is 62.0 Å². The maximum atomic E-state index is 14.8. The van der Waals surface area contributed by atoms with E-state index in [1.807, 2.05) is 16.5 Å². The second-order valence-electron chi connectivity index (χ2n) is 8.79. The van der Waals surface area contributed by atoms with Crippen LogP contribution < -0.4 is 14.4 Å². The number of aryl methyl sites for hydroxylation is 1. The van der Waals surface area contributed by atoms with Crippen LogP contribution in [0.5, 0.6) is 5.75 Å². The van der Waals surface area contributed by atoms with E-state index in [0.29, 0.717) is 63.4 Å². The lowest BCUT2D eigenvalue weighted by molar-refractivity contribution is -0.274. The van der Waals surface area contributed by atoms with E-state index < -0.39 is 33.4 Å². The molecule has 2 fully saturated rings. The summed E-state index contributed by atoms with van der Waals surface area (Å²) in [5.41, 5.74) is 1.15. The van der Waals surface area contributed by atoms with E-state index >= 15 is 0 Å². The van der Waals surface area contributed by atoms with Gasteiger partial charge in [0.1, 0.15) is 17.4 Å². The van der Waals surface area contributed by atoms with Gasteiger partial charge in [-0.2, -0.15) is 0 Å². The van der Waals surface area contributed by atoms with Crippen molar-refractivity contribution in [3.8, 4) is 5.75 Å². The minimum Gasteiger partial charge on any atom is -0.404 e. The van der Waals surface area contributed by atoms with E-state index in [2.05, 4.69) is 14.6 Å². The Kier molecular flexibility index (Phi) is 7.41. The summed E-state index contributed by atoms with van der Waals surface area (Å²) in [6.07, 6.45) is -2.24. The summed E-state index contributed by atoms with van der Waals surface area (Å²) in [7, 11) is -3.78. The average Bonchev–Trinajstić information content (AvgIpc) is 3.65. The van der Waals surface area contributed by atoms with Gasteiger partial charge in [-0.1, -0.05) is 6.92 Å². The molecular weight excluding hydrogens is 504 g/mol. The largest absolute Gasteiger partial charge is 0.573 e. The van der Waals surface area contributed by atoms with Gasteiger partial charge in [-0.15, -0.1) is 13.2 Å². The molecule has 1 aliphatic heterocycles. The van der Waals surface area contributed by atoms with E-state index in [4.69, 9.17) is 0 Å². The zero-order valence-electron chi connectivity index (χ0n) is 19.5. The number of rotatable bonds is 8. The monoisotopic (exact) mass is 530 g/mol. The molecule has 2 heterocycles. The Hall–Kier alpha value is -2.93. The molecule has 1 saturated heterocycles. The number of aromatic nitrogens is 1. The Balaban J connectivity index is 1.37. The Labute approximate surface area is 206 Å². The predicted molar refractivity (Wildman–Crippen MR) is 124 cm³/mol. The summed E-state index contributed by atoms with van der Waals surface area (Å²) in [5.74, 6) is -1.61. The number of nitrogens with one attached hydrogen (secondary N) is 1. The van der Waals surface area contributed by atoms with Crippen LogP contribution in [0.4, 0.5) is 23.4 Å². The van der Waals surface area contributed by atoms with Crippen molar-refractivity contribution in [1.29, 1.82) is 0 Å². The van der Waals surface area contributed by atoms with Crippen LogP contribution in [0.25, 0.3) is 0 Å². The first-order valence-corrected chi connectivity index (χ1v) is 13.1. The van der Waals surface area contributed by atoms with Crippen molar-refractivity contribution >= 4 is 21.7 Å². The fourth-order valence-electron chi connectivity index (χ4n) is 4.09. The zero-order chi connectivity index (χ0) is 26.1. The highest BCUT2D eigenvalue weighted by atomic mass is 32.2. The number of ether oxygens (including phenoxy) is 1. The van der Waals surface area contributed by atoms with Crippen molar-refractivity contribution in [1.82, 2.24) is 14.6 Å². The number of nitrogens with zero attached hydrogens (tertiary/aromatic N) is 3. The molecule has 1 amide bonds. The first-order chi connectivity index (χ1) is 16.9. The summed E-state index contributed by atoms with van der Waals surface area (Å²) in [5, 5.41) is -0.588. The van der Waals surface area contributed by atoms with Crippen molar-refractivity contribution in [3.63, 3.8) is 0 Å². The molecule has 1 aliphatic carbocycles. The Morgan fingerprint density at radius 3 is 2.39 bits per heavy atom. The van der Waals surface area contributed by atoms with Crippen molar-refractivity contribution in [2.75, 3.05) is 31.1 Å². The second-order valence-corrected chi connectivity index (χ2v) is 10.8. The first-order valence-electron chi connectivity index (χ1n) is 11.5. The number of hydrogen-bond acceptors (Lipinski definition) is 7. The van der Waals surface area contributed by atoms with Crippen molar-refractivity contribution in [2.45, 2.75) is 44.3 Å². The molecule has 1 aromatic heterocycles. The summed E-state index contributed by atoms with van der Waals surface area (Å²) in [6.45, 7) is 4.65. The second kappa shape index (κ2) is 10.2. The third-order valence-electron chi connectivity index (χ3n) is 6.16. The zero-order valence-corrected chi connectivity index (χ0v) is 20.3. The molecule has 0 atom stereocenters. The third-order valence-corrected chi connectivity index (χ3v) is 7.98.